The molecular formula is C40H40Cl2O2Zr. The van der Waals surface area contributed by atoms with Crippen molar-refractivity contribution in [3.63, 3.8) is 0 Å². The largest absolute Gasteiger partial charge is 1.00 e. The van der Waals surface area contributed by atoms with Crippen molar-refractivity contribution in [2.75, 3.05) is 14.2 Å². The SMILES string of the molecule is COc1ccc(-c2cccc3c2C=C(C)[CH]3[Zr+2]2([CH]3C(C)=Cc4c(-c5ccc(OC)cc5)cccc43)[CH]3CCCC[CH]32)cc1.[Cl-].[Cl-]. The van der Waals surface area contributed by atoms with Gasteiger partial charge in [-0.3, -0.25) is 0 Å². The number of fused-ring (bicyclic) bond motifs is 3. The molecule has 4 aromatic rings. The van der Waals surface area contributed by atoms with Crippen LogP contribution in [0.15, 0.2) is 96.1 Å². The Balaban J connectivity index is 0.00000179. The molecule has 4 unspecified atom stereocenters. The molecule has 45 heavy (non-hydrogen) atoms. The van der Waals surface area contributed by atoms with Crippen LogP contribution in [0.5, 0.6) is 11.5 Å². The fourth-order valence-electron chi connectivity index (χ4n) is 9.72. The summed E-state index contributed by atoms with van der Waals surface area (Å²) in [6.07, 6.45) is 10.9. The first-order valence-electron chi connectivity index (χ1n) is 16.0. The fraction of sp³-hybridized carbons (Fsp3) is 0.300. The van der Waals surface area contributed by atoms with Crippen molar-refractivity contribution in [3.05, 3.63) is 118 Å². The molecule has 5 heteroatoms. The zero-order chi connectivity index (χ0) is 29.3. The van der Waals surface area contributed by atoms with Crippen molar-refractivity contribution < 1.29 is 54.6 Å². The van der Waals surface area contributed by atoms with Crippen LogP contribution in [0.4, 0.5) is 0 Å². The molecular weight excluding hydrogens is 675 g/mol. The minimum Gasteiger partial charge on any atom is -1.00 e. The van der Waals surface area contributed by atoms with Gasteiger partial charge in [0.15, 0.2) is 0 Å². The van der Waals surface area contributed by atoms with Crippen LogP contribution in [0, 0.1) is 0 Å². The molecule has 1 aliphatic heterocycles. The van der Waals surface area contributed by atoms with Gasteiger partial charge in [-0.25, -0.2) is 0 Å². The van der Waals surface area contributed by atoms with Gasteiger partial charge in [-0.05, 0) is 0 Å². The van der Waals surface area contributed by atoms with E-state index in [-0.39, 0.29) is 24.8 Å². The van der Waals surface area contributed by atoms with Crippen LogP contribution in [-0.2, 0) is 20.3 Å². The van der Waals surface area contributed by atoms with Gasteiger partial charge in [0.1, 0.15) is 0 Å². The Hall–Kier alpha value is -2.58. The summed E-state index contributed by atoms with van der Waals surface area (Å²) >= 11 is -2.94. The van der Waals surface area contributed by atoms with Crippen molar-refractivity contribution in [3.8, 4) is 33.8 Å². The van der Waals surface area contributed by atoms with E-state index in [9.17, 15) is 0 Å². The number of ether oxygens (including phenoxy) is 2. The zero-order valence-corrected chi connectivity index (χ0v) is 30.4. The van der Waals surface area contributed by atoms with E-state index < -0.39 is 20.3 Å². The first-order valence-corrected chi connectivity index (χ1v) is 21.6. The number of hydrogen-bond donors (Lipinski definition) is 0. The van der Waals surface area contributed by atoms with Crippen LogP contribution in [-0.4, -0.2) is 14.2 Å². The molecule has 1 saturated heterocycles. The minimum atomic E-state index is -2.94. The second-order valence-corrected chi connectivity index (χ2v) is 24.6. The van der Waals surface area contributed by atoms with Crippen molar-refractivity contribution in [1.82, 2.24) is 0 Å². The standard InChI is InChI=1S/2C17H15O.C6H10.2ClH.Zr/c2*1-12-10-14-4-3-5-16(17(14)11-12)13-6-8-15(18-2)9-7-13;1-2-4-6-5-3-1;;;/h2*3-11H,1-2H3;1-2H,3-6H2;2*1H;/q;;;;;+2/p-2. The molecule has 3 aliphatic carbocycles. The molecule has 0 amide bonds. The quantitative estimate of drug-likeness (QED) is 0.281. The number of allylic oxidation sites excluding steroid dienone is 2. The van der Waals surface area contributed by atoms with E-state index in [1.165, 1.54) is 59.1 Å². The summed E-state index contributed by atoms with van der Waals surface area (Å²) in [5, 5.41) is 0. The molecule has 0 N–H and O–H groups in total. The van der Waals surface area contributed by atoms with Gasteiger partial charge in [-0.1, -0.05) is 0 Å². The van der Waals surface area contributed by atoms with E-state index >= 15 is 0 Å². The predicted octanol–water partition coefficient (Wildman–Crippen LogP) is 4.98. The van der Waals surface area contributed by atoms with E-state index in [2.05, 4.69) is 111 Å². The van der Waals surface area contributed by atoms with E-state index in [1.807, 2.05) is 0 Å². The van der Waals surface area contributed by atoms with Crippen LogP contribution in [0.25, 0.3) is 34.4 Å². The summed E-state index contributed by atoms with van der Waals surface area (Å²) in [6, 6.07) is 31.6. The maximum Gasteiger partial charge on any atom is -1.00 e. The Morgan fingerprint density at radius 2 is 0.956 bits per heavy atom. The molecule has 0 radical (unpaired) electrons. The summed E-state index contributed by atoms with van der Waals surface area (Å²) in [5.41, 5.74) is 14.8. The van der Waals surface area contributed by atoms with Gasteiger partial charge in [-0.2, -0.15) is 0 Å². The van der Waals surface area contributed by atoms with Crippen molar-refractivity contribution in [1.29, 1.82) is 0 Å². The van der Waals surface area contributed by atoms with E-state index in [0.717, 1.165) is 18.8 Å². The Bertz CT molecular complexity index is 1660. The van der Waals surface area contributed by atoms with Crippen molar-refractivity contribution in [2.24, 2.45) is 0 Å². The molecule has 2 fully saturated rings. The minimum absolute atomic E-state index is 0. The van der Waals surface area contributed by atoms with Gasteiger partial charge < -0.3 is 24.8 Å². The molecule has 0 aromatic heterocycles. The van der Waals surface area contributed by atoms with E-state index in [0.29, 0.717) is 7.25 Å². The Kier molecular flexibility index (Phi) is 9.03. The van der Waals surface area contributed by atoms with E-state index in [4.69, 9.17) is 9.47 Å². The third kappa shape index (κ3) is 4.92. The molecule has 2 nitrogen and oxygen atoms in total. The molecule has 0 bridgehead atoms. The maximum atomic E-state index is 5.47. The molecule has 230 valence electrons. The maximum absolute atomic E-state index is 5.47. The van der Waals surface area contributed by atoms with Gasteiger partial charge >= 0.3 is 262 Å². The number of hydrogen-bond acceptors (Lipinski definition) is 2. The predicted molar refractivity (Wildman–Crippen MR) is 176 cm³/mol. The van der Waals surface area contributed by atoms with Gasteiger partial charge in [0, 0.05) is 0 Å². The Morgan fingerprint density at radius 3 is 1.33 bits per heavy atom. The van der Waals surface area contributed by atoms with Crippen LogP contribution in [0.2, 0.25) is 7.25 Å². The fourth-order valence-corrected chi connectivity index (χ4v) is 32.9. The van der Waals surface area contributed by atoms with Gasteiger partial charge in [0.2, 0.25) is 0 Å². The zero-order valence-electron chi connectivity index (χ0n) is 26.4. The molecule has 4 aliphatic rings. The molecule has 1 saturated carbocycles. The molecule has 8 rings (SSSR count). The number of rotatable bonds is 6. The third-order valence-corrected chi connectivity index (χ3v) is 28.7. The summed E-state index contributed by atoms with van der Waals surface area (Å²) < 4.78 is 14.2. The van der Waals surface area contributed by atoms with Gasteiger partial charge in [-0.15, -0.1) is 0 Å². The van der Waals surface area contributed by atoms with Crippen molar-refractivity contribution in [2.45, 2.75) is 54.0 Å². The molecule has 4 atom stereocenters. The van der Waals surface area contributed by atoms with Crippen molar-refractivity contribution >= 4 is 12.2 Å². The van der Waals surface area contributed by atoms with Gasteiger partial charge in [0.05, 0.1) is 0 Å². The topological polar surface area (TPSA) is 18.5 Å². The third-order valence-electron chi connectivity index (χ3n) is 11.3. The summed E-state index contributed by atoms with van der Waals surface area (Å²) in [5.74, 6) is 1.82. The van der Waals surface area contributed by atoms with E-state index in [1.54, 1.807) is 36.5 Å². The molecule has 1 heterocycles. The molecule has 4 aromatic carbocycles. The Labute approximate surface area is 285 Å². The van der Waals surface area contributed by atoms with Crippen LogP contribution >= 0.6 is 0 Å². The molecule has 0 spiro atoms. The monoisotopic (exact) mass is 712 g/mol. The Morgan fingerprint density at radius 1 is 0.556 bits per heavy atom. The van der Waals surface area contributed by atoms with Crippen LogP contribution in [0.1, 0.15) is 69.0 Å². The van der Waals surface area contributed by atoms with Crippen LogP contribution in [0.3, 0.4) is 0 Å². The summed E-state index contributed by atoms with van der Waals surface area (Å²) in [6.45, 7) is 4.93. The normalized spacial score (nSPS) is 24.0. The average molecular weight is 715 g/mol. The number of halogens is 2. The first-order chi connectivity index (χ1) is 21.1. The summed E-state index contributed by atoms with van der Waals surface area (Å²) in [4.78, 5) is 0. The second kappa shape index (κ2) is 12.6. The smallest absolute Gasteiger partial charge is 1.00 e. The average Bonchev–Trinajstić information content (AvgIpc) is 3.35. The van der Waals surface area contributed by atoms with Crippen LogP contribution < -0.4 is 34.3 Å². The second-order valence-electron chi connectivity index (χ2n) is 13.2. The number of methoxy groups -OCH3 is 2. The summed E-state index contributed by atoms with van der Waals surface area (Å²) in [7, 11) is 3.48. The first kappa shape index (κ1) is 32.4. The van der Waals surface area contributed by atoms with Gasteiger partial charge in [0.25, 0.3) is 0 Å². The number of benzene rings is 4.